The molecular weight excluding hydrogens is 494 g/mol. The van der Waals surface area contributed by atoms with Crippen LogP contribution in [0.3, 0.4) is 0 Å². The second-order valence-corrected chi connectivity index (χ2v) is 10.6. The molecule has 208 valence electrons. The molecule has 0 aliphatic heterocycles. The predicted octanol–water partition coefficient (Wildman–Crippen LogP) is 6.78. The van der Waals surface area contributed by atoms with Crippen LogP contribution in [0.1, 0.15) is 51.3 Å². The van der Waals surface area contributed by atoms with Gasteiger partial charge in [0.25, 0.3) is 0 Å². The lowest BCUT2D eigenvalue weighted by molar-refractivity contribution is -0.175. The molecule has 0 aliphatic carbocycles. The number of hydrogen-bond acceptors (Lipinski definition) is 6. The van der Waals surface area contributed by atoms with Crippen molar-refractivity contribution in [2.24, 2.45) is 5.41 Å². The lowest BCUT2D eigenvalue weighted by Crippen LogP contribution is -2.39. The summed E-state index contributed by atoms with van der Waals surface area (Å²) in [5, 5.41) is 0. The predicted molar refractivity (Wildman–Crippen MR) is 150 cm³/mol. The lowest BCUT2D eigenvalue weighted by Gasteiger charge is -2.27. The molecule has 0 saturated carbocycles. The van der Waals surface area contributed by atoms with Crippen LogP contribution in [-0.2, 0) is 33.9 Å². The molecule has 0 radical (unpaired) electrons. The molecule has 3 aromatic carbocycles. The van der Waals surface area contributed by atoms with E-state index >= 15 is 0 Å². The van der Waals surface area contributed by atoms with E-state index in [1.165, 1.54) is 11.8 Å². The van der Waals surface area contributed by atoms with Crippen LogP contribution in [0.2, 0.25) is 0 Å². The Hall–Kier alpha value is -4.00. The second-order valence-electron chi connectivity index (χ2n) is 10.6. The minimum absolute atomic E-state index is 0.193. The van der Waals surface area contributed by atoms with E-state index < -0.39 is 23.8 Å². The van der Waals surface area contributed by atoms with Gasteiger partial charge in [0.1, 0.15) is 13.2 Å². The number of likely N-dealkylation sites (N-methyl/N-ethyl adjacent to an activating group) is 1. The van der Waals surface area contributed by atoms with Crippen molar-refractivity contribution in [3.05, 3.63) is 95.6 Å². The third-order valence-corrected chi connectivity index (χ3v) is 6.11. The van der Waals surface area contributed by atoms with Gasteiger partial charge in [0.15, 0.2) is 11.5 Å². The maximum Gasteiger partial charge on any atom is 0.412 e. The topological polar surface area (TPSA) is 74.3 Å². The van der Waals surface area contributed by atoms with Gasteiger partial charge >= 0.3 is 12.1 Å². The number of esters is 1. The van der Waals surface area contributed by atoms with Crippen molar-refractivity contribution in [3.8, 4) is 11.5 Å². The first-order valence-corrected chi connectivity index (χ1v) is 13.1. The Balaban J connectivity index is 1.66. The van der Waals surface area contributed by atoms with Gasteiger partial charge in [-0.15, -0.1) is 0 Å². The Bertz CT molecular complexity index is 1210. The Kier molecular flexibility index (Phi) is 10.4. The number of nitrogens with zero attached hydrogens (tertiary/aromatic N) is 1. The number of amides is 1. The fraction of sp³-hybridized carbons (Fsp3) is 0.375. The van der Waals surface area contributed by atoms with Crippen LogP contribution in [0.25, 0.3) is 0 Å². The van der Waals surface area contributed by atoms with Crippen LogP contribution in [0.5, 0.6) is 11.5 Å². The van der Waals surface area contributed by atoms with E-state index in [1.54, 1.807) is 27.8 Å². The fourth-order valence-corrected chi connectivity index (χ4v) is 3.62. The molecule has 2 atom stereocenters. The molecule has 2 unspecified atom stereocenters. The van der Waals surface area contributed by atoms with Gasteiger partial charge < -0.3 is 23.8 Å². The highest BCUT2D eigenvalue weighted by molar-refractivity contribution is 5.75. The average Bonchev–Trinajstić information content (AvgIpc) is 2.91. The largest absolute Gasteiger partial charge is 0.485 e. The molecule has 0 spiro atoms. The van der Waals surface area contributed by atoms with E-state index in [1.807, 2.05) is 85.8 Å². The molecule has 0 N–H and O–H groups in total. The number of ether oxygens (including phenoxy) is 4. The summed E-state index contributed by atoms with van der Waals surface area (Å²) in [5.74, 6) is 0.844. The van der Waals surface area contributed by atoms with Crippen molar-refractivity contribution < 1.29 is 28.5 Å². The minimum atomic E-state index is -0.988. The van der Waals surface area contributed by atoms with E-state index in [2.05, 4.69) is 0 Å². The quantitative estimate of drug-likeness (QED) is 0.200. The van der Waals surface area contributed by atoms with E-state index in [0.717, 1.165) is 16.7 Å². The first-order chi connectivity index (χ1) is 18.5. The summed E-state index contributed by atoms with van der Waals surface area (Å²) >= 11 is 0. The van der Waals surface area contributed by atoms with Gasteiger partial charge in [-0.25, -0.2) is 4.79 Å². The normalized spacial score (nSPS) is 12.7. The fourth-order valence-electron chi connectivity index (χ4n) is 3.62. The van der Waals surface area contributed by atoms with Crippen molar-refractivity contribution in [2.45, 2.75) is 66.6 Å². The first kappa shape index (κ1) is 29.6. The highest BCUT2D eigenvalue weighted by Crippen LogP contribution is 2.31. The molecule has 1 amide bonds. The third-order valence-electron chi connectivity index (χ3n) is 6.11. The molecule has 0 bridgehead atoms. The minimum Gasteiger partial charge on any atom is -0.485 e. The summed E-state index contributed by atoms with van der Waals surface area (Å²) in [6.07, 6.45) is -0.999. The summed E-state index contributed by atoms with van der Waals surface area (Å²) in [6, 6.07) is 25.5. The summed E-state index contributed by atoms with van der Waals surface area (Å²) in [6.45, 7) is 9.52. The standard InChI is InChI=1S/C32H39NO6/c1-23(33(6)31(35)39-24(2)38-30(34)32(3,4)5)19-27-17-18-28(36-21-25-13-9-7-10-14-25)29(20-27)37-22-26-15-11-8-12-16-26/h7-18,20,23-24H,19,21-22H2,1-6H3. The maximum absolute atomic E-state index is 12.7. The molecular formula is C32H39NO6. The summed E-state index contributed by atoms with van der Waals surface area (Å²) in [5.41, 5.74) is 2.40. The van der Waals surface area contributed by atoms with E-state index in [4.69, 9.17) is 18.9 Å². The van der Waals surface area contributed by atoms with Gasteiger partial charge in [0.05, 0.1) is 5.41 Å². The van der Waals surface area contributed by atoms with Crippen molar-refractivity contribution in [2.75, 3.05) is 7.05 Å². The van der Waals surface area contributed by atoms with Crippen molar-refractivity contribution >= 4 is 12.1 Å². The van der Waals surface area contributed by atoms with Gasteiger partial charge in [-0.05, 0) is 62.9 Å². The number of rotatable bonds is 11. The smallest absolute Gasteiger partial charge is 0.412 e. The zero-order valence-electron chi connectivity index (χ0n) is 23.7. The molecule has 39 heavy (non-hydrogen) atoms. The summed E-state index contributed by atoms with van der Waals surface area (Å²) in [7, 11) is 1.66. The highest BCUT2D eigenvalue weighted by atomic mass is 16.7. The lowest BCUT2D eigenvalue weighted by atomic mass is 9.97. The third kappa shape index (κ3) is 9.36. The van der Waals surface area contributed by atoms with Crippen molar-refractivity contribution in [3.63, 3.8) is 0 Å². The molecule has 3 rings (SSSR count). The van der Waals surface area contributed by atoms with Gasteiger partial charge in [0, 0.05) is 20.0 Å². The van der Waals surface area contributed by atoms with Crippen molar-refractivity contribution in [1.29, 1.82) is 0 Å². The highest BCUT2D eigenvalue weighted by Gasteiger charge is 2.27. The Morgan fingerprint density at radius 3 is 1.82 bits per heavy atom. The first-order valence-electron chi connectivity index (χ1n) is 13.1. The molecule has 7 nitrogen and oxygen atoms in total. The van der Waals surface area contributed by atoms with Crippen LogP contribution < -0.4 is 9.47 Å². The monoisotopic (exact) mass is 533 g/mol. The Morgan fingerprint density at radius 1 is 0.744 bits per heavy atom. The van der Waals surface area contributed by atoms with Gasteiger partial charge in [-0.2, -0.15) is 0 Å². The molecule has 0 heterocycles. The van der Waals surface area contributed by atoms with Crippen LogP contribution in [-0.4, -0.2) is 36.3 Å². The molecule has 0 fully saturated rings. The second kappa shape index (κ2) is 13.7. The molecule has 0 aromatic heterocycles. The van der Waals surface area contributed by atoms with Crippen molar-refractivity contribution in [1.82, 2.24) is 4.90 Å². The number of hydrogen-bond donors (Lipinski definition) is 0. The Labute approximate surface area is 231 Å². The average molecular weight is 534 g/mol. The molecule has 7 heteroatoms. The zero-order chi connectivity index (χ0) is 28.4. The SMILES string of the molecule is CC(OC(=O)N(C)C(C)Cc1ccc(OCc2ccccc2)c(OCc2ccccc2)c1)OC(=O)C(C)(C)C. The van der Waals surface area contributed by atoms with Gasteiger partial charge in [-0.3, -0.25) is 4.79 Å². The number of benzene rings is 3. The van der Waals surface area contributed by atoms with Gasteiger partial charge in [0.2, 0.25) is 6.29 Å². The molecule has 0 saturated heterocycles. The zero-order valence-corrected chi connectivity index (χ0v) is 23.7. The summed E-state index contributed by atoms with van der Waals surface area (Å²) < 4.78 is 22.9. The Morgan fingerprint density at radius 2 is 1.28 bits per heavy atom. The van der Waals surface area contributed by atoms with Crippen LogP contribution in [0.15, 0.2) is 78.9 Å². The van der Waals surface area contributed by atoms with E-state index in [0.29, 0.717) is 31.1 Å². The molecule has 0 aliphatic rings. The number of carbonyl (C=O) groups is 2. The van der Waals surface area contributed by atoms with E-state index in [9.17, 15) is 9.59 Å². The molecule has 3 aromatic rings. The van der Waals surface area contributed by atoms with Crippen LogP contribution in [0.4, 0.5) is 4.79 Å². The van der Waals surface area contributed by atoms with Gasteiger partial charge in [-0.1, -0.05) is 66.7 Å². The van der Waals surface area contributed by atoms with E-state index in [-0.39, 0.29) is 6.04 Å². The maximum atomic E-state index is 12.7. The van der Waals surface area contributed by atoms with Crippen LogP contribution in [0, 0.1) is 5.41 Å². The van der Waals surface area contributed by atoms with Crippen LogP contribution >= 0.6 is 0 Å². The summed E-state index contributed by atoms with van der Waals surface area (Å²) in [4.78, 5) is 26.3. The number of carbonyl (C=O) groups excluding carboxylic acids is 2.